The van der Waals surface area contributed by atoms with Gasteiger partial charge >= 0.3 is 0 Å². The maximum Gasteiger partial charge on any atom is 0.272 e. The molecule has 29 heavy (non-hydrogen) atoms. The maximum atomic E-state index is 13.0. The first-order valence-electron chi connectivity index (χ1n) is 9.14. The lowest BCUT2D eigenvalue weighted by atomic mass is 10.1. The van der Waals surface area contributed by atoms with Gasteiger partial charge < -0.3 is 10.6 Å². The van der Waals surface area contributed by atoms with E-state index >= 15 is 0 Å². The van der Waals surface area contributed by atoms with E-state index in [1.807, 2.05) is 74.5 Å². The van der Waals surface area contributed by atoms with Crippen LogP contribution in [0, 0.1) is 13.8 Å². The van der Waals surface area contributed by atoms with Gasteiger partial charge in [-0.15, -0.1) is 0 Å². The Kier molecular flexibility index (Phi) is 6.62. The van der Waals surface area contributed by atoms with E-state index in [9.17, 15) is 9.59 Å². The van der Waals surface area contributed by atoms with Gasteiger partial charge in [-0.1, -0.05) is 64.0 Å². The quantitative estimate of drug-likeness (QED) is 0.507. The highest BCUT2D eigenvalue weighted by molar-refractivity contribution is 9.10. The summed E-state index contributed by atoms with van der Waals surface area (Å²) < 4.78 is 0.935. The second-order valence-corrected chi connectivity index (χ2v) is 7.62. The molecule has 5 heteroatoms. The van der Waals surface area contributed by atoms with Crippen molar-refractivity contribution in [2.75, 3.05) is 5.32 Å². The molecule has 3 rings (SSSR count). The summed E-state index contributed by atoms with van der Waals surface area (Å²) in [5.41, 5.74) is 4.07. The fourth-order valence-electron chi connectivity index (χ4n) is 2.77. The number of nitrogens with one attached hydrogen (secondary N) is 2. The molecule has 0 aromatic heterocycles. The van der Waals surface area contributed by atoms with Crippen molar-refractivity contribution in [3.05, 3.63) is 105 Å². The molecule has 146 valence electrons. The molecule has 0 fully saturated rings. The average Bonchev–Trinajstić information content (AvgIpc) is 2.70. The lowest BCUT2D eigenvalue weighted by Gasteiger charge is -2.13. The van der Waals surface area contributed by atoms with Crippen LogP contribution in [-0.2, 0) is 4.79 Å². The molecule has 0 bridgehead atoms. The minimum absolute atomic E-state index is 0.169. The molecule has 0 aliphatic heterocycles. The van der Waals surface area contributed by atoms with Gasteiger partial charge in [0.25, 0.3) is 11.8 Å². The van der Waals surface area contributed by atoms with E-state index in [1.54, 1.807) is 18.2 Å². The summed E-state index contributed by atoms with van der Waals surface area (Å²) in [5, 5.41) is 5.64. The van der Waals surface area contributed by atoms with E-state index in [1.165, 1.54) is 0 Å². The first kappa shape index (κ1) is 20.6. The second kappa shape index (κ2) is 9.34. The zero-order valence-electron chi connectivity index (χ0n) is 16.2. The highest BCUT2D eigenvalue weighted by Crippen LogP contribution is 2.17. The lowest BCUT2D eigenvalue weighted by Crippen LogP contribution is -2.31. The molecule has 2 N–H and O–H groups in total. The molecule has 3 aromatic rings. The zero-order valence-corrected chi connectivity index (χ0v) is 17.8. The Bertz CT molecular complexity index is 1070. The van der Waals surface area contributed by atoms with Crippen LogP contribution in [-0.4, -0.2) is 11.8 Å². The van der Waals surface area contributed by atoms with Crippen LogP contribution in [0.25, 0.3) is 6.08 Å². The molecule has 0 heterocycles. The highest BCUT2D eigenvalue weighted by Gasteiger charge is 2.16. The van der Waals surface area contributed by atoms with Crippen molar-refractivity contribution in [2.24, 2.45) is 0 Å². The summed E-state index contributed by atoms with van der Waals surface area (Å²) in [6, 6.07) is 22.2. The molecule has 0 unspecified atom stereocenters. The number of rotatable bonds is 5. The van der Waals surface area contributed by atoms with Gasteiger partial charge in [0.05, 0.1) is 0 Å². The lowest BCUT2D eigenvalue weighted by molar-refractivity contribution is -0.113. The largest absolute Gasteiger partial charge is 0.320 e. The van der Waals surface area contributed by atoms with E-state index in [-0.39, 0.29) is 17.5 Å². The van der Waals surface area contributed by atoms with Crippen molar-refractivity contribution in [1.29, 1.82) is 0 Å². The fraction of sp³-hybridized carbons (Fsp3) is 0.0833. The number of aryl methyl sites for hydroxylation is 2. The van der Waals surface area contributed by atoms with Crippen molar-refractivity contribution < 1.29 is 9.59 Å². The van der Waals surface area contributed by atoms with Gasteiger partial charge in [-0.05, 0) is 61.4 Å². The summed E-state index contributed by atoms with van der Waals surface area (Å²) in [6.45, 7) is 3.83. The zero-order chi connectivity index (χ0) is 20.8. The van der Waals surface area contributed by atoms with E-state index < -0.39 is 0 Å². The van der Waals surface area contributed by atoms with Gasteiger partial charge in [-0.25, -0.2) is 0 Å². The maximum absolute atomic E-state index is 13.0. The van der Waals surface area contributed by atoms with Gasteiger partial charge in [-0.3, -0.25) is 9.59 Å². The van der Waals surface area contributed by atoms with E-state index in [0.717, 1.165) is 21.2 Å². The summed E-state index contributed by atoms with van der Waals surface area (Å²) in [5.74, 6) is -0.722. The van der Waals surface area contributed by atoms with Crippen molar-refractivity contribution in [2.45, 2.75) is 13.8 Å². The Balaban J connectivity index is 1.90. The van der Waals surface area contributed by atoms with Crippen LogP contribution < -0.4 is 10.6 Å². The fourth-order valence-corrected chi connectivity index (χ4v) is 3.03. The Morgan fingerprint density at radius 1 is 0.897 bits per heavy atom. The molecule has 2 amide bonds. The van der Waals surface area contributed by atoms with Gasteiger partial charge in [0, 0.05) is 15.7 Å². The standard InChI is InChI=1S/C24H21BrN2O2/c1-16-6-5-8-19(14-16)23(28)27-22(15-18-10-12-20(25)13-11-18)24(29)26-21-9-4-3-7-17(21)2/h3-15H,1-2H3,(H,26,29)(H,27,28). The average molecular weight is 449 g/mol. The molecule has 0 saturated heterocycles. The predicted molar refractivity (Wildman–Crippen MR) is 121 cm³/mol. The van der Waals surface area contributed by atoms with Crippen LogP contribution in [0.15, 0.2) is 83.0 Å². The Morgan fingerprint density at radius 2 is 1.62 bits per heavy atom. The number of para-hydroxylation sites is 1. The van der Waals surface area contributed by atoms with Crippen LogP contribution >= 0.6 is 15.9 Å². The summed E-state index contributed by atoms with van der Waals surface area (Å²) in [6.07, 6.45) is 1.66. The number of anilines is 1. The van der Waals surface area contributed by atoms with Crippen molar-refractivity contribution in [1.82, 2.24) is 5.32 Å². The minimum Gasteiger partial charge on any atom is -0.320 e. The third-order valence-electron chi connectivity index (χ3n) is 4.35. The van der Waals surface area contributed by atoms with Gasteiger partial charge in [0.2, 0.25) is 0 Å². The summed E-state index contributed by atoms with van der Waals surface area (Å²) >= 11 is 3.40. The molecule has 0 radical (unpaired) electrons. The predicted octanol–water partition coefficient (Wildman–Crippen LogP) is 5.48. The third-order valence-corrected chi connectivity index (χ3v) is 4.88. The minimum atomic E-state index is -0.386. The molecular formula is C24H21BrN2O2. The molecule has 0 spiro atoms. The van der Waals surface area contributed by atoms with Crippen LogP contribution in [0.1, 0.15) is 27.0 Å². The molecule has 0 aliphatic rings. The third kappa shape index (κ3) is 5.65. The molecule has 0 saturated carbocycles. The number of benzene rings is 3. The number of halogens is 1. The van der Waals surface area contributed by atoms with E-state index in [4.69, 9.17) is 0 Å². The Morgan fingerprint density at radius 3 is 2.31 bits per heavy atom. The smallest absolute Gasteiger partial charge is 0.272 e. The molecular weight excluding hydrogens is 428 g/mol. The van der Waals surface area contributed by atoms with Crippen molar-refractivity contribution >= 4 is 39.5 Å². The highest BCUT2D eigenvalue weighted by atomic mass is 79.9. The monoisotopic (exact) mass is 448 g/mol. The van der Waals surface area contributed by atoms with Crippen LogP contribution in [0.4, 0.5) is 5.69 Å². The van der Waals surface area contributed by atoms with Crippen molar-refractivity contribution in [3.63, 3.8) is 0 Å². The number of hydrogen-bond donors (Lipinski definition) is 2. The Hall–Kier alpha value is -3.18. The normalized spacial score (nSPS) is 11.1. The van der Waals surface area contributed by atoms with Gasteiger partial charge in [0.1, 0.15) is 5.70 Å². The molecule has 4 nitrogen and oxygen atoms in total. The van der Waals surface area contributed by atoms with Crippen LogP contribution in [0.2, 0.25) is 0 Å². The second-order valence-electron chi connectivity index (χ2n) is 6.70. The first-order valence-corrected chi connectivity index (χ1v) is 9.94. The molecule has 3 aromatic carbocycles. The topological polar surface area (TPSA) is 58.2 Å². The van der Waals surface area contributed by atoms with E-state index in [0.29, 0.717) is 11.3 Å². The van der Waals surface area contributed by atoms with E-state index in [2.05, 4.69) is 26.6 Å². The number of carbonyl (C=O) groups is 2. The summed E-state index contributed by atoms with van der Waals surface area (Å²) in [7, 11) is 0. The van der Waals surface area contributed by atoms with Gasteiger partial charge in [0.15, 0.2) is 0 Å². The SMILES string of the molecule is Cc1cccc(C(=O)NC(=Cc2ccc(Br)cc2)C(=O)Nc2ccccc2C)c1. The van der Waals surface area contributed by atoms with Crippen LogP contribution in [0.3, 0.4) is 0 Å². The first-order chi connectivity index (χ1) is 13.9. The molecule has 0 aliphatic carbocycles. The number of carbonyl (C=O) groups excluding carboxylic acids is 2. The number of hydrogen-bond acceptors (Lipinski definition) is 2. The number of amides is 2. The van der Waals surface area contributed by atoms with Gasteiger partial charge in [-0.2, -0.15) is 0 Å². The Labute approximate surface area is 178 Å². The summed E-state index contributed by atoms with van der Waals surface area (Å²) in [4.78, 5) is 25.7. The van der Waals surface area contributed by atoms with Crippen LogP contribution in [0.5, 0.6) is 0 Å². The molecule has 0 atom stereocenters. The van der Waals surface area contributed by atoms with Crippen molar-refractivity contribution in [3.8, 4) is 0 Å².